The van der Waals surface area contributed by atoms with Gasteiger partial charge in [-0.3, -0.25) is 19.1 Å². The molecular weight excluding hydrogens is 372 g/mol. The molecule has 0 aliphatic carbocycles. The summed E-state index contributed by atoms with van der Waals surface area (Å²) in [7, 11) is 1.75. The first kappa shape index (κ1) is 20.2. The van der Waals surface area contributed by atoms with Gasteiger partial charge >= 0.3 is 5.97 Å². The van der Waals surface area contributed by atoms with Crippen molar-refractivity contribution in [3.8, 4) is 0 Å². The molecule has 0 aliphatic rings. The molecule has 9 heteroatoms. The highest BCUT2D eigenvalue weighted by atomic mass is 16.4. The first-order valence-electron chi connectivity index (χ1n) is 9.40. The minimum atomic E-state index is -0.951. The molecule has 3 aromatic heterocycles. The number of nitrogens with zero attached hydrogens (tertiary/aromatic N) is 4. The summed E-state index contributed by atoms with van der Waals surface area (Å²) in [6.45, 7) is 4.12. The number of nitrogens with one attached hydrogen (secondary N) is 2. The Morgan fingerprint density at radius 3 is 2.62 bits per heavy atom. The van der Waals surface area contributed by atoms with E-state index in [-0.39, 0.29) is 36.3 Å². The van der Waals surface area contributed by atoms with E-state index in [1.165, 1.54) is 0 Å². The van der Waals surface area contributed by atoms with E-state index < -0.39 is 5.97 Å². The molecule has 0 amide bonds. The van der Waals surface area contributed by atoms with Gasteiger partial charge in [0.25, 0.3) is 5.56 Å². The van der Waals surface area contributed by atoms with E-state index in [1.54, 1.807) is 29.9 Å². The third-order valence-electron chi connectivity index (χ3n) is 4.52. The van der Waals surface area contributed by atoms with Crippen molar-refractivity contribution in [1.29, 1.82) is 0 Å². The van der Waals surface area contributed by atoms with Gasteiger partial charge in [0.15, 0.2) is 11.5 Å². The standard InChI is InChI=1S/C20H24N6O3/c1-12(2)17(13-6-4-5-10-22-13)26-19-14(7-8-15(21-3)25-19)24-18(20(26)29)23-11-9-16(27)28/h4-8,10,12,17H,9,11H2,1-3H3,(H,21,25)(H,23,24)(H,27,28). The number of pyridine rings is 2. The maximum absolute atomic E-state index is 13.4. The predicted octanol–water partition coefficient (Wildman–Crippen LogP) is 2.36. The Hall–Kier alpha value is -3.49. The van der Waals surface area contributed by atoms with Gasteiger partial charge in [-0.2, -0.15) is 0 Å². The fourth-order valence-corrected chi connectivity index (χ4v) is 3.21. The number of aromatic nitrogens is 4. The third-order valence-corrected chi connectivity index (χ3v) is 4.52. The van der Waals surface area contributed by atoms with E-state index in [0.717, 1.165) is 5.69 Å². The Kier molecular flexibility index (Phi) is 6.06. The molecular formula is C20H24N6O3. The van der Waals surface area contributed by atoms with Crippen molar-refractivity contribution in [2.75, 3.05) is 24.2 Å². The molecule has 1 unspecified atom stereocenters. The highest BCUT2D eigenvalue weighted by Gasteiger charge is 2.25. The van der Waals surface area contributed by atoms with E-state index in [2.05, 4.69) is 25.6 Å². The summed E-state index contributed by atoms with van der Waals surface area (Å²) in [6.07, 6.45) is 1.57. The topological polar surface area (TPSA) is 122 Å². The highest BCUT2D eigenvalue weighted by Crippen LogP contribution is 2.27. The van der Waals surface area contributed by atoms with Crippen LogP contribution in [0.4, 0.5) is 11.6 Å². The van der Waals surface area contributed by atoms with Crippen molar-refractivity contribution in [1.82, 2.24) is 19.5 Å². The number of anilines is 2. The summed E-state index contributed by atoms with van der Waals surface area (Å²) >= 11 is 0. The first-order chi connectivity index (χ1) is 13.9. The van der Waals surface area contributed by atoms with Gasteiger partial charge in [0.1, 0.15) is 11.3 Å². The number of fused-ring (bicyclic) bond motifs is 1. The number of carboxylic acids is 1. The molecule has 1 atom stereocenters. The molecule has 0 bridgehead atoms. The zero-order valence-electron chi connectivity index (χ0n) is 16.6. The lowest BCUT2D eigenvalue weighted by Gasteiger charge is -2.25. The lowest BCUT2D eigenvalue weighted by Crippen LogP contribution is -2.33. The second-order valence-electron chi connectivity index (χ2n) is 6.94. The Morgan fingerprint density at radius 2 is 2.00 bits per heavy atom. The Morgan fingerprint density at radius 1 is 1.21 bits per heavy atom. The van der Waals surface area contributed by atoms with Crippen LogP contribution in [0.15, 0.2) is 41.3 Å². The second kappa shape index (κ2) is 8.68. The van der Waals surface area contributed by atoms with Crippen LogP contribution < -0.4 is 16.2 Å². The predicted molar refractivity (Wildman–Crippen MR) is 111 cm³/mol. The summed E-state index contributed by atoms with van der Waals surface area (Å²) in [4.78, 5) is 37.6. The SMILES string of the molecule is CNc1ccc2nc(NCCC(=O)O)c(=O)n(C(c3ccccn3)C(C)C)c2n1. The first-order valence-corrected chi connectivity index (χ1v) is 9.40. The molecule has 3 rings (SSSR count). The quantitative estimate of drug-likeness (QED) is 0.530. The van der Waals surface area contributed by atoms with Crippen molar-refractivity contribution in [3.05, 3.63) is 52.6 Å². The Balaban J connectivity index is 2.24. The van der Waals surface area contributed by atoms with E-state index in [4.69, 9.17) is 5.11 Å². The van der Waals surface area contributed by atoms with E-state index >= 15 is 0 Å². The van der Waals surface area contributed by atoms with Crippen molar-refractivity contribution in [3.63, 3.8) is 0 Å². The average Bonchev–Trinajstić information content (AvgIpc) is 2.70. The Bertz CT molecular complexity index is 1060. The van der Waals surface area contributed by atoms with Crippen molar-refractivity contribution in [2.45, 2.75) is 26.3 Å². The van der Waals surface area contributed by atoms with Crippen LogP contribution in [0.1, 0.15) is 32.0 Å². The van der Waals surface area contributed by atoms with Crippen LogP contribution in [0.2, 0.25) is 0 Å². The zero-order valence-corrected chi connectivity index (χ0v) is 16.6. The minimum absolute atomic E-state index is 0.0418. The summed E-state index contributed by atoms with van der Waals surface area (Å²) in [6, 6.07) is 8.77. The summed E-state index contributed by atoms with van der Waals surface area (Å²) in [5, 5.41) is 14.7. The van der Waals surface area contributed by atoms with Crippen LogP contribution in [0, 0.1) is 5.92 Å². The van der Waals surface area contributed by atoms with E-state index in [1.807, 2.05) is 32.0 Å². The van der Waals surface area contributed by atoms with Crippen molar-refractivity contribution in [2.24, 2.45) is 5.92 Å². The molecule has 3 aromatic rings. The van der Waals surface area contributed by atoms with Gasteiger partial charge in [0.05, 0.1) is 18.2 Å². The van der Waals surface area contributed by atoms with Crippen LogP contribution in [-0.2, 0) is 4.79 Å². The zero-order chi connectivity index (χ0) is 21.0. The maximum atomic E-state index is 13.4. The van der Waals surface area contributed by atoms with Gasteiger partial charge in [0.2, 0.25) is 0 Å². The maximum Gasteiger partial charge on any atom is 0.305 e. The number of hydrogen-bond acceptors (Lipinski definition) is 7. The van der Waals surface area contributed by atoms with Crippen LogP contribution in [0.5, 0.6) is 0 Å². The van der Waals surface area contributed by atoms with E-state index in [9.17, 15) is 9.59 Å². The fourth-order valence-electron chi connectivity index (χ4n) is 3.21. The second-order valence-corrected chi connectivity index (χ2v) is 6.94. The van der Waals surface area contributed by atoms with Crippen molar-refractivity contribution < 1.29 is 9.90 Å². The van der Waals surface area contributed by atoms with Crippen LogP contribution >= 0.6 is 0 Å². The molecule has 0 saturated heterocycles. The molecule has 9 nitrogen and oxygen atoms in total. The van der Waals surface area contributed by atoms with Gasteiger partial charge in [0, 0.05) is 19.8 Å². The number of aliphatic carboxylic acids is 1. The normalized spacial score (nSPS) is 12.1. The Labute approximate surface area is 167 Å². The summed E-state index contributed by atoms with van der Waals surface area (Å²) in [5.74, 6) is -0.200. The molecule has 3 N–H and O–H groups in total. The molecule has 0 aliphatic heterocycles. The number of rotatable bonds is 8. The smallest absolute Gasteiger partial charge is 0.305 e. The van der Waals surface area contributed by atoms with Crippen molar-refractivity contribution >= 4 is 28.8 Å². The van der Waals surface area contributed by atoms with Gasteiger partial charge in [-0.1, -0.05) is 19.9 Å². The lowest BCUT2D eigenvalue weighted by atomic mass is 9.99. The molecule has 0 saturated carbocycles. The largest absolute Gasteiger partial charge is 0.481 e. The van der Waals surface area contributed by atoms with Gasteiger partial charge in [-0.05, 0) is 30.2 Å². The molecule has 29 heavy (non-hydrogen) atoms. The molecule has 0 fully saturated rings. The van der Waals surface area contributed by atoms with Gasteiger partial charge in [-0.15, -0.1) is 0 Å². The summed E-state index contributed by atoms with van der Waals surface area (Å²) < 4.78 is 1.60. The third kappa shape index (κ3) is 4.34. The molecule has 0 aromatic carbocycles. The number of carbonyl (C=O) groups is 1. The highest BCUT2D eigenvalue weighted by molar-refractivity contribution is 5.75. The number of hydrogen-bond donors (Lipinski definition) is 3. The van der Waals surface area contributed by atoms with E-state index in [0.29, 0.717) is 17.0 Å². The van der Waals surface area contributed by atoms with Crippen LogP contribution in [0.3, 0.4) is 0 Å². The van der Waals surface area contributed by atoms with Crippen LogP contribution in [-0.4, -0.2) is 44.2 Å². The van der Waals surface area contributed by atoms with Gasteiger partial charge in [-0.25, -0.2) is 9.97 Å². The van der Waals surface area contributed by atoms with Crippen LogP contribution in [0.25, 0.3) is 11.2 Å². The lowest BCUT2D eigenvalue weighted by molar-refractivity contribution is -0.136. The van der Waals surface area contributed by atoms with Gasteiger partial charge < -0.3 is 15.7 Å². The monoisotopic (exact) mass is 396 g/mol. The molecule has 0 spiro atoms. The minimum Gasteiger partial charge on any atom is -0.481 e. The molecule has 3 heterocycles. The fraction of sp³-hybridized carbons (Fsp3) is 0.350. The molecule has 152 valence electrons. The average molecular weight is 396 g/mol. The number of carboxylic acid groups (broad SMARTS) is 1. The summed E-state index contributed by atoms with van der Waals surface area (Å²) in [5.41, 5.74) is 1.34. The molecule has 0 radical (unpaired) electrons.